The van der Waals surface area contributed by atoms with Crippen molar-refractivity contribution in [2.24, 2.45) is 17.1 Å². The van der Waals surface area contributed by atoms with Gasteiger partial charge in [0.1, 0.15) is 29.6 Å². The first-order valence-electron chi connectivity index (χ1n) is 13.6. The van der Waals surface area contributed by atoms with Crippen LogP contribution in [-0.2, 0) is 0 Å². The van der Waals surface area contributed by atoms with Gasteiger partial charge in [-0.05, 0) is 76.6 Å². The molecule has 0 spiro atoms. The third-order valence-corrected chi connectivity index (χ3v) is 8.09. The molecule has 38 heavy (non-hydrogen) atoms. The molecule has 2 aromatic rings. The molecule has 1 aliphatic heterocycles. The van der Waals surface area contributed by atoms with E-state index in [0.717, 1.165) is 31.0 Å². The Labute approximate surface area is 223 Å². The standard InChI is InChI=1S/C28H38N6O4/c1-4-37-27-31-21(22(35)17-28-14-18(15-28)16-28)13-24(32-27)34-9-7-19(8-10-34)25-23(38-12-11-33(2)3)6-5-20(30-25)26(29)36/h5-6,13,18-19H,4,7-12,14-17H2,1-3H3,(H2,29,36). The van der Waals surface area contributed by atoms with Gasteiger partial charge in [0.2, 0.25) is 0 Å². The van der Waals surface area contributed by atoms with Gasteiger partial charge in [0, 0.05) is 38.0 Å². The molecule has 0 atom stereocenters. The minimum absolute atomic E-state index is 0.0784. The molecule has 4 fully saturated rings. The van der Waals surface area contributed by atoms with Crippen LogP contribution in [0.1, 0.15) is 78.0 Å². The van der Waals surface area contributed by atoms with Crippen LogP contribution >= 0.6 is 0 Å². The predicted molar refractivity (Wildman–Crippen MR) is 143 cm³/mol. The van der Waals surface area contributed by atoms with Gasteiger partial charge in [-0.1, -0.05) is 0 Å². The molecule has 0 unspecified atom stereocenters. The number of nitrogens with two attached hydrogens (primary N) is 1. The monoisotopic (exact) mass is 522 g/mol. The Hall–Kier alpha value is -3.27. The van der Waals surface area contributed by atoms with E-state index in [1.54, 1.807) is 12.1 Å². The lowest BCUT2D eigenvalue weighted by molar-refractivity contribution is -0.103. The molecule has 3 saturated carbocycles. The number of piperidine rings is 1. The van der Waals surface area contributed by atoms with E-state index in [4.69, 9.17) is 15.2 Å². The van der Waals surface area contributed by atoms with Crippen molar-refractivity contribution >= 4 is 17.5 Å². The topological polar surface area (TPSA) is 124 Å². The average molecular weight is 523 g/mol. The van der Waals surface area contributed by atoms with Gasteiger partial charge in [-0.3, -0.25) is 9.59 Å². The molecule has 3 heterocycles. The molecule has 2 aromatic heterocycles. The summed E-state index contributed by atoms with van der Waals surface area (Å²) in [5.74, 6) is 1.87. The number of nitrogens with zero attached hydrogens (tertiary/aromatic N) is 5. The van der Waals surface area contributed by atoms with Gasteiger partial charge in [-0.15, -0.1) is 0 Å². The lowest BCUT2D eigenvalue weighted by Gasteiger charge is -2.61. The molecule has 4 aliphatic rings. The molecule has 204 valence electrons. The summed E-state index contributed by atoms with van der Waals surface area (Å²) in [4.78, 5) is 42.8. The zero-order valence-corrected chi connectivity index (χ0v) is 22.6. The maximum Gasteiger partial charge on any atom is 0.319 e. The van der Waals surface area contributed by atoms with Gasteiger partial charge in [0.15, 0.2) is 5.78 Å². The van der Waals surface area contributed by atoms with Gasteiger partial charge in [0.25, 0.3) is 5.91 Å². The van der Waals surface area contributed by atoms with E-state index in [9.17, 15) is 9.59 Å². The molecule has 2 N–H and O–H groups in total. The fourth-order valence-electron chi connectivity index (χ4n) is 5.95. The highest BCUT2D eigenvalue weighted by Gasteiger charge is 2.57. The van der Waals surface area contributed by atoms with Crippen LogP contribution in [0, 0.1) is 11.3 Å². The maximum absolute atomic E-state index is 13.1. The number of carbonyl (C=O) groups is 2. The molecule has 1 amide bonds. The number of carbonyl (C=O) groups excluding carboxylic acids is 2. The first kappa shape index (κ1) is 26.3. The fourth-order valence-corrected chi connectivity index (χ4v) is 5.95. The van der Waals surface area contributed by atoms with Crippen LogP contribution in [0.15, 0.2) is 18.2 Å². The highest BCUT2D eigenvalue weighted by Crippen LogP contribution is 2.66. The lowest BCUT2D eigenvalue weighted by atomic mass is 9.43. The van der Waals surface area contributed by atoms with E-state index in [-0.39, 0.29) is 28.8 Å². The SMILES string of the molecule is CCOc1nc(C(=O)CC23CC(C2)C3)cc(N2CCC(c3nc(C(N)=O)ccc3OCCN(C)C)CC2)n1. The van der Waals surface area contributed by atoms with Crippen LogP contribution < -0.4 is 20.1 Å². The number of ether oxygens (including phenoxy) is 2. The molecule has 6 rings (SSSR count). The maximum atomic E-state index is 13.1. The number of rotatable bonds is 12. The minimum Gasteiger partial charge on any atom is -0.490 e. The average Bonchev–Trinajstić information content (AvgIpc) is 2.85. The number of likely N-dealkylation sites (N-methyl/N-ethyl adjacent to an activating group) is 1. The summed E-state index contributed by atoms with van der Waals surface area (Å²) < 4.78 is 11.7. The zero-order chi connectivity index (χ0) is 26.9. The van der Waals surface area contributed by atoms with Crippen LogP contribution in [0.2, 0.25) is 0 Å². The summed E-state index contributed by atoms with van der Waals surface area (Å²) in [6, 6.07) is 5.49. The molecule has 1 saturated heterocycles. The molecular formula is C28H38N6O4. The molecule has 0 radical (unpaired) electrons. The van der Waals surface area contributed by atoms with E-state index in [0.29, 0.717) is 50.0 Å². The van der Waals surface area contributed by atoms with Gasteiger partial charge in [-0.25, -0.2) is 4.98 Å². The fraction of sp³-hybridized carbons (Fsp3) is 0.607. The predicted octanol–water partition coefficient (Wildman–Crippen LogP) is 3.07. The second-order valence-electron chi connectivity index (χ2n) is 11.3. The smallest absolute Gasteiger partial charge is 0.319 e. The highest BCUT2D eigenvalue weighted by atomic mass is 16.5. The molecule has 2 bridgehead atoms. The molecule has 10 heteroatoms. The van der Waals surface area contributed by atoms with Crippen molar-refractivity contribution < 1.29 is 19.1 Å². The third-order valence-electron chi connectivity index (χ3n) is 8.09. The second kappa shape index (κ2) is 10.8. The van der Waals surface area contributed by atoms with Crippen molar-refractivity contribution in [3.63, 3.8) is 0 Å². The van der Waals surface area contributed by atoms with Crippen LogP contribution in [0.3, 0.4) is 0 Å². The number of hydrogen-bond donors (Lipinski definition) is 1. The molecule has 10 nitrogen and oxygen atoms in total. The summed E-state index contributed by atoms with van der Waals surface area (Å²) in [6.45, 7) is 5.04. The largest absolute Gasteiger partial charge is 0.490 e. The summed E-state index contributed by atoms with van der Waals surface area (Å²) in [5.41, 5.74) is 7.19. The molecular weight excluding hydrogens is 484 g/mol. The van der Waals surface area contributed by atoms with Crippen molar-refractivity contribution in [1.82, 2.24) is 19.9 Å². The number of Topliss-reactive ketones (excluding diaryl/α,β-unsaturated/α-hetero) is 1. The van der Waals surface area contributed by atoms with Gasteiger partial charge in [0.05, 0.1) is 12.3 Å². The van der Waals surface area contributed by atoms with E-state index in [1.807, 2.05) is 27.1 Å². The Morgan fingerprint density at radius 3 is 2.42 bits per heavy atom. The lowest BCUT2D eigenvalue weighted by Crippen LogP contribution is -2.52. The van der Waals surface area contributed by atoms with Gasteiger partial charge in [-0.2, -0.15) is 9.97 Å². The summed E-state index contributed by atoms with van der Waals surface area (Å²) in [6.07, 6.45) is 5.67. The number of aromatic nitrogens is 3. The van der Waals surface area contributed by atoms with Crippen molar-refractivity contribution in [3.8, 4) is 11.8 Å². The van der Waals surface area contributed by atoms with Crippen molar-refractivity contribution in [1.29, 1.82) is 0 Å². The zero-order valence-electron chi connectivity index (χ0n) is 22.6. The summed E-state index contributed by atoms with van der Waals surface area (Å²) in [5, 5.41) is 0. The molecule has 0 aromatic carbocycles. The Kier molecular flexibility index (Phi) is 7.52. The number of ketones is 1. The number of pyridine rings is 1. The highest BCUT2D eigenvalue weighted by molar-refractivity contribution is 5.95. The molecule has 3 aliphatic carbocycles. The van der Waals surface area contributed by atoms with E-state index < -0.39 is 5.91 Å². The second-order valence-corrected chi connectivity index (χ2v) is 11.3. The Morgan fingerprint density at radius 1 is 1.08 bits per heavy atom. The Morgan fingerprint density at radius 2 is 1.82 bits per heavy atom. The van der Waals surface area contributed by atoms with Crippen molar-refractivity contribution in [3.05, 3.63) is 35.3 Å². The number of amides is 1. The number of hydrogen-bond acceptors (Lipinski definition) is 9. The number of primary amides is 1. The van der Waals surface area contributed by atoms with Crippen molar-refractivity contribution in [2.45, 2.75) is 51.4 Å². The quantitative estimate of drug-likeness (QED) is 0.419. The van der Waals surface area contributed by atoms with E-state index in [2.05, 4.69) is 24.8 Å². The first-order chi connectivity index (χ1) is 18.2. The van der Waals surface area contributed by atoms with E-state index in [1.165, 1.54) is 19.3 Å². The minimum atomic E-state index is -0.552. The van der Waals surface area contributed by atoms with Crippen LogP contribution in [0.4, 0.5) is 5.82 Å². The van der Waals surface area contributed by atoms with Crippen LogP contribution in [0.5, 0.6) is 11.8 Å². The summed E-state index contributed by atoms with van der Waals surface area (Å²) in [7, 11) is 3.99. The van der Waals surface area contributed by atoms with Crippen LogP contribution in [-0.4, -0.2) is 78.5 Å². The summed E-state index contributed by atoms with van der Waals surface area (Å²) >= 11 is 0. The first-order valence-corrected chi connectivity index (χ1v) is 13.6. The number of anilines is 1. The Bertz CT molecular complexity index is 1180. The van der Waals surface area contributed by atoms with E-state index >= 15 is 0 Å². The Balaban J connectivity index is 1.30. The third kappa shape index (κ3) is 5.60. The van der Waals surface area contributed by atoms with Gasteiger partial charge < -0.3 is 25.0 Å². The normalized spacial score (nSPS) is 22.5. The van der Waals surface area contributed by atoms with Crippen LogP contribution in [0.25, 0.3) is 0 Å². The van der Waals surface area contributed by atoms with Crippen molar-refractivity contribution in [2.75, 3.05) is 51.8 Å². The van der Waals surface area contributed by atoms with Gasteiger partial charge >= 0.3 is 6.01 Å².